The molecule has 4 rings (SSSR count). The Bertz CT molecular complexity index is 975. The SMILES string of the molecule is COc1cc(CN[C@@H]2CCCc3c2cnn3-c2cc(C)cc(C)c2)ccc1F. The van der Waals surface area contributed by atoms with Crippen molar-refractivity contribution in [1.29, 1.82) is 0 Å². The number of nitrogens with one attached hydrogen (secondary N) is 1. The van der Waals surface area contributed by atoms with E-state index < -0.39 is 0 Å². The van der Waals surface area contributed by atoms with Gasteiger partial charge in [-0.05, 0) is 74.1 Å². The lowest BCUT2D eigenvalue weighted by Gasteiger charge is -2.24. The van der Waals surface area contributed by atoms with Crippen molar-refractivity contribution in [3.8, 4) is 11.4 Å². The van der Waals surface area contributed by atoms with Gasteiger partial charge in [-0.15, -0.1) is 0 Å². The lowest BCUT2D eigenvalue weighted by molar-refractivity contribution is 0.385. The number of methoxy groups -OCH3 is 1. The number of benzene rings is 2. The third kappa shape index (κ3) is 3.67. The van der Waals surface area contributed by atoms with Crippen molar-refractivity contribution < 1.29 is 9.13 Å². The van der Waals surface area contributed by atoms with Crippen molar-refractivity contribution >= 4 is 0 Å². The Hall–Kier alpha value is -2.66. The summed E-state index contributed by atoms with van der Waals surface area (Å²) in [6.07, 6.45) is 5.22. The molecule has 28 heavy (non-hydrogen) atoms. The Morgan fingerprint density at radius 2 is 1.96 bits per heavy atom. The van der Waals surface area contributed by atoms with Crippen LogP contribution in [0.1, 0.15) is 46.8 Å². The van der Waals surface area contributed by atoms with Crippen LogP contribution in [0.2, 0.25) is 0 Å². The first kappa shape index (κ1) is 18.7. The van der Waals surface area contributed by atoms with Crippen molar-refractivity contribution in [1.82, 2.24) is 15.1 Å². The summed E-state index contributed by atoms with van der Waals surface area (Å²) in [5.41, 5.74) is 7.17. The van der Waals surface area contributed by atoms with E-state index in [1.165, 1.54) is 35.6 Å². The third-order valence-electron chi connectivity index (χ3n) is 5.40. The summed E-state index contributed by atoms with van der Waals surface area (Å²) in [4.78, 5) is 0. The van der Waals surface area contributed by atoms with Gasteiger partial charge in [0.1, 0.15) is 0 Å². The molecule has 146 valence electrons. The summed E-state index contributed by atoms with van der Waals surface area (Å²) < 4.78 is 20.8. The number of hydrogen-bond donors (Lipinski definition) is 1. The van der Waals surface area contributed by atoms with Gasteiger partial charge in [0, 0.05) is 23.8 Å². The molecule has 0 fully saturated rings. The van der Waals surface area contributed by atoms with E-state index in [0.717, 1.165) is 30.5 Å². The quantitative estimate of drug-likeness (QED) is 0.692. The fraction of sp³-hybridized carbons (Fsp3) is 0.348. The monoisotopic (exact) mass is 379 g/mol. The third-order valence-corrected chi connectivity index (χ3v) is 5.40. The van der Waals surface area contributed by atoms with Crippen molar-refractivity contribution in [2.45, 2.75) is 45.7 Å². The predicted octanol–water partition coefficient (Wildman–Crippen LogP) is 4.80. The van der Waals surface area contributed by atoms with Crippen LogP contribution in [-0.4, -0.2) is 16.9 Å². The molecule has 1 atom stereocenters. The Morgan fingerprint density at radius 1 is 1.18 bits per heavy atom. The van der Waals surface area contributed by atoms with Crippen molar-refractivity contribution in [3.05, 3.63) is 76.4 Å². The van der Waals surface area contributed by atoms with E-state index in [4.69, 9.17) is 9.84 Å². The molecule has 2 aromatic carbocycles. The van der Waals surface area contributed by atoms with E-state index in [9.17, 15) is 4.39 Å². The molecule has 1 aliphatic rings. The summed E-state index contributed by atoms with van der Waals surface area (Å²) in [5.74, 6) is -0.0489. The van der Waals surface area contributed by atoms with Crippen molar-refractivity contribution in [2.24, 2.45) is 0 Å². The highest BCUT2D eigenvalue weighted by molar-refractivity contribution is 5.42. The maximum atomic E-state index is 13.6. The number of hydrogen-bond acceptors (Lipinski definition) is 3. The number of halogens is 1. The minimum atomic E-state index is -0.332. The van der Waals surface area contributed by atoms with Crippen LogP contribution >= 0.6 is 0 Å². The van der Waals surface area contributed by atoms with Crippen molar-refractivity contribution in [3.63, 3.8) is 0 Å². The molecule has 0 saturated heterocycles. The van der Waals surface area contributed by atoms with Crippen LogP contribution in [0.5, 0.6) is 5.75 Å². The first-order valence-electron chi connectivity index (χ1n) is 9.76. The van der Waals surface area contributed by atoms with Gasteiger partial charge >= 0.3 is 0 Å². The molecule has 0 aliphatic heterocycles. The highest BCUT2D eigenvalue weighted by Crippen LogP contribution is 2.32. The predicted molar refractivity (Wildman–Crippen MR) is 109 cm³/mol. The smallest absolute Gasteiger partial charge is 0.165 e. The molecule has 1 heterocycles. The summed E-state index contributed by atoms with van der Waals surface area (Å²) in [7, 11) is 1.49. The van der Waals surface area contributed by atoms with E-state index in [2.05, 4.69) is 42.0 Å². The van der Waals surface area contributed by atoms with Crippen LogP contribution < -0.4 is 10.1 Å². The van der Waals surface area contributed by atoms with E-state index in [0.29, 0.717) is 6.54 Å². The zero-order valence-electron chi connectivity index (χ0n) is 16.6. The summed E-state index contributed by atoms with van der Waals surface area (Å²) in [5, 5.41) is 8.32. The average Bonchev–Trinajstić information content (AvgIpc) is 3.11. The van der Waals surface area contributed by atoms with Gasteiger partial charge < -0.3 is 10.1 Å². The molecular formula is C23H26FN3O. The van der Waals surface area contributed by atoms with E-state index in [1.807, 2.05) is 6.20 Å². The Kier molecular flexibility index (Phi) is 5.18. The molecule has 3 aromatic rings. The minimum absolute atomic E-state index is 0.249. The average molecular weight is 379 g/mol. The fourth-order valence-electron chi connectivity index (χ4n) is 4.12. The van der Waals surface area contributed by atoms with Crippen LogP contribution in [0.4, 0.5) is 4.39 Å². The molecule has 0 unspecified atom stereocenters. The fourth-order valence-corrected chi connectivity index (χ4v) is 4.12. The summed E-state index contributed by atoms with van der Waals surface area (Å²) >= 11 is 0. The summed E-state index contributed by atoms with van der Waals surface area (Å²) in [6, 6.07) is 11.8. The maximum Gasteiger partial charge on any atom is 0.165 e. The van der Waals surface area contributed by atoms with Crippen molar-refractivity contribution in [2.75, 3.05) is 7.11 Å². The molecule has 4 nitrogen and oxygen atoms in total. The Morgan fingerprint density at radius 3 is 2.71 bits per heavy atom. The highest BCUT2D eigenvalue weighted by atomic mass is 19.1. The molecule has 0 spiro atoms. The zero-order chi connectivity index (χ0) is 19.7. The number of nitrogens with zero attached hydrogens (tertiary/aromatic N) is 2. The van der Waals surface area contributed by atoms with E-state index in [1.54, 1.807) is 12.1 Å². The number of aromatic nitrogens is 2. The Labute approximate surface area is 165 Å². The van der Waals surface area contributed by atoms with E-state index >= 15 is 0 Å². The van der Waals surface area contributed by atoms with Gasteiger partial charge in [0.25, 0.3) is 0 Å². The normalized spacial score (nSPS) is 16.1. The molecule has 1 aliphatic carbocycles. The maximum absolute atomic E-state index is 13.6. The lowest BCUT2D eigenvalue weighted by Crippen LogP contribution is -2.25. The molecule has 1 aromatic heterocycles. The molecule has 0 amide bonds. The van der Waals surface area contributed by atoms with Gasteiger partial charge in [0.15, 0.2) is 11.6 Å². The van der Waals surface area contributed by atoms with E-state index in [-0.39, 0.29) is 17.6 Å². The lowest BCUT2D eigenvalue weighted by atomic mass is 9.92. The second-order valence-corrected chi connectivity index (χ2v) is 7.60. The van der Waals surface area contributed by atoms with Gasteiger partial charge in [-0.25, -0.2) is 9.07 Å². The highest BCUT2D eigenvalue weighted by Gasteiger charge is 2.24. The number of aryl methyl sites for hydroxylation is 2. The first-order valence-corrected chi connectivity index (χ1v) is 9.76. The standard InChI is InChI=1S/C23H26FN3O/c1-15-9-16(2)11-18(10-15)27-22-6-4-5-21(19(22)14-26-27)25-13-17-7-8-20(24)23(12-17)28-3/h7-12,14,21,25H,4-6,13H2,1-3H3/t21-/m1/s1. The van der Waals surface area contributed by atoms with Crippen LogP contribution in [0, 0.1) is 19.7 Å². The number of fused-ring (bicyclic) bond motifs is 1. The summed E-state index contributed by atoms with van der Waals surface area (Å²) in [6.45, 7) is 4.90. The van der Waals surface area contributed by atoms with Crippen LogP contribution in [-0.2, 0) is 13.0 Å². The zero-order valence-corrected chi connectivity index (χ0v) is 16.6. The van der Waals surface area contributed by atoms with Gasteiger partial charge in [0.05, 0.1) is 19.0 Å². The van der Waals surface area contributed by atoms with Gasteiger partial charge in [-0.3, -0.25) is 0 Å². The van der Waals surface area contributed by atoms with Crippen LogP contribution in [0.15, 0.2) is 42.6 Å². The van der Waals surface area contributed by atoms with Crippen LogP contribution in [0.3, 0.4) is 0 Å². The molecule has 0 radical (unpaired) electrons. The second-order valence-electron chi connectivity index (χ2n) is 7.60. The molecular weight excluding hydrogens is 353 g/mol. The number of rotatable bonds is 5. The Balaban J connectivity index is 1.56. The molecule has 0 saturated carbocycles. The molecule has 1 N–H and O–H groups in total. The molecule has 0 bridgehead atoms. The van der Waals surface area contributed by atoms with Gasteiger partial charge in [-0.1, -0.05) is 12.1 Å². The van der Waals surface area contributed by atoms with Crippen LogP contribution in [0.25, 0.3) is 5.69 Å². The second kappa shape index (κ2) is 7.76. The topological polar surface area (TPSA) is 39.1 Å². The van der Waals surface area contributed by atoms with Gasteiger partial charge in [0.2, 0.25) is 0 Å². The number of ether oxygens (including phenoxy) is 1. The van der Waals surface area contributed by atoms with Gasteiger partial charge in [-0.2, -0.15) is 5.10 Å². The first-order chi connectivity index (χ1) is 13.5. The molecule has 5 heteroatoms. The minimum Gasteiger partial charge on any atom is -0.494 e. The largest absolute Gasteiger partial charge is 0.494 e.